The highest BCUT2D eigenvalue weighted by molar-refractivity contribution is 5.99. The highest BCUT2D eigenvalue weighted by Gasteiger charge is 2.78. The van der Waals surface area contributed by atoms with Crippen LogP contribution >= 0.6 is 0 Å². The maximum absolute atomic E-state index is 13.6. The lowest BCUT2D eigenvalue weighted by Crippen LogP contribution is -2.55. The summed E-state index contributed by atoms with van der Waals surface area (Å²) in [6.07, 6.45) is 5.93. The monoisotopic (exact) mass is 423 g/mol. The van der Waals surface area contributed by atoms with Gasteiger partial charge in [0.25, 0.3) is 0 Å². The highest BCUT2D eigenvalue weighted by atomic mass is 16.5. The van der Waals surface area contributed by atoms with E-state index in [9.17, 15) is 14.4 Å². The molecule has 3 aliphatic rings. The molecular weight excluding hydrogens is 386 g/mol. The van der Waals surface area contributed by atoms with Gasteiger partial charge < -0.3 is 25.4 Å². The fraction of sp³-hybridized carbons (Fsp3) is 0.864. The summed E-state index contributed by atoms with van der Waals surface area (Å²) in [6.45, 7) is 5.17. The van der Waals surface area contributed by atoms with E-state index in [-0.39, 0.29) is 24.3 Å². The molecule has 1 spiro atoms. The number of hydrogen-bond donors (Lipinski definition) is 3. The SMILES string of the molecule is CCCCNC(=O)C1N(CCCCCO)C(=O)[C@@H]2[C@H](C(=O)NC)[C@]3(CC)CCC12O3. The Kier molecular flexibility index (Phi) is 7.07. The lowest BCUT2D eigenvalue weighted by atomic mass is 9.65. The van der Waals surface area contributed by atoms with Crippen LogP contribution in [0.5, 0.6) is 0 Å². The predicted octanol–water partition coefficient (Wildman–Crippen LogP) is 0.966. The Labute approximate surface area is 179 Å². The van der Waals surface area contributed by atoms with E-state index in [0.717, 1.165) is 19.3 Å². The lowest BCUT2D eigenvalue weighted by molar-refractivity contribution is -0.147. The third-order valence-electron chi connectivity index (χ3n) is 7.34. The second-order valence-electron chi connectivity index (χ2n) is 8.91. The molecule has 3 heterocycles. The first kappa shape index (κ1) is 23.0. The van der Waals surface area contributed by atoms with Crippen molar-refractivity contribution in [2.75, 3.05) is 26.7 Å². The van der Waals surface area contributed by atoms with Gasteiger partial charge in [0, 0.05) is 26.7 Å². The molecule has 5 atom stereocenters. The summed E-state index contributed by atoms with van der Waals surface area (Å²) in [4.78, 5) is 41.4. The molecule has 8 nitrogen and oxygen atoms in total. The van der Waals surface area contributed by atoms with Crippen LogP contribution in [0.3, 0.4) is 0 Å². The van der Waals surface area contributed by atoms with E-state index in [4.69, 9.17) is 9.84 Å². The van der Waals surface area contributed by atoms with Crippen molar-refractivity contribution in [2.45, 2.75) is 82.5 Å². The molecule has 8 heteroatoms. The number of ether oxygens (including phenoxy) is 1. The molecule has 0 saturated carbocycles. The van der Waals surface area contributed by atoms with Crippen molar-refractivity contribution in [1.82, 2.24) is 15.5 Å². The molecule has 0 aromatic heterocycles. The number of fused-ring (bicyclic) bond motifs is 1. The van der Waals surface area contributed by atoms with Gasteiger partial charge in [-0.3, -0.25) is 14.4 Å². The Morgan fingerprint density at radius 2 is 1.93 bits per heavy atom. The summed E-state index contributed by atoms with van der Waals surface area (Å²) in [7, 11) is 1.59. The van der Waals surface area contributed by atoms with E-state index in [1.807, 2.05) is 6.92 Å². The molecule has 0 aromatic rings. The number of aliphatic hydroxyl groups is 1. The number of carbonyl (C=O) groups is 3. The second kappa shape index (κ2) is 9.22. The summed E-state index contributed by atoms with van der Waals surface area (Å²) < 4.78 is 6.60. The van der Waals surface area contributed by atoms with Crippen LogP contribution in [-0.4, -0.2) is 71.7 Å². The third-order valence-corrected chi connectivity index (χ3v) is 7.34. The highest BCUT2D eigenvalue weighted by Crippen LogP contribution is 2.64. The van der Waals surface area contributed by atoms with Gasteiger partial charge in [-0.2, -0.15) is 0 Å². The van der Waals surface area contributed by atoms with Gasteiger partial charge in [-0.25, -0.2) is 0 Å². The fourth-order valence-electron chi connectivity index (χ4n) is 5.87. The number of aliphatic hydroxyl groups excluding tert-OH is 1. The van der Waals surface area contributed by atoms with Crippen molar-refractivity contribution in [1.29, 1.82) is 0 Å². The molecule has 3 rings (SSSR count). The molecule has 3 aliphatic heterocycles. The van der Waals surface area contributed by atoms with Crippen LogP contribution in [0.1, 0.15) is 65.2 Å². The number of nitrogens with zero attached hydrogens (tertiary/aromatic N) is 1. The van der Waals surface area contributed by atoms with E-state index in [2.05, 4.69) is 17.6 Å². The van der Waals surface area contributed by atoms with E-state index in [1.54, 1.807) is 11.9 Å². The maximum atomic E-state index is 13.6. The number of nitrogens with one attached hydrogen (secondary N) is 2. The molecule has 0 radical (unpaired) electrons. The maximum Gasteiger partial charge on any atom is 0.245 e. The molecule has 3 saturated heterocycles. The van der Waals surface area contributed by atoms with E-state index >= 15 is 0 Å². The number of likely N-dealkylation sites (tertiary alicyclic amines) is 1. The first-order valence-corrected chi connectivity index (χ1v) is 11.5. The quantitative estimate of drug-likeness (QED) is 0.429. The number of amides is 3. The topological polar surface area (TPSA) is 108 Å². The summed E-state index contributed by atoms with van der Waals surface area (Å²) in [6, 6.07) is -0.705. The van der Waals surface area contributed by atoms with Crippen LogP contribution in [0.2, 0.25) is 0 Å². The van der Waals surface area contributed by atoms with Crippen LogP contribution in [0.25, 0.3) is 0 Å². The first-order valence-electron chi connectivity index (χ1n) is 11.5. The van der Waals surface area contributed by atoms with Gasteiger partial charge in [0.15, 0.2) is 0 Å². The summed E-state index contributed by atoms with van der Waals surface area (Å²) in [5, 5.41) is 14.8. The van der Waals surface area contributed by atoms with Gasteiger partial charge in [0.05, 0.1) is 17.4 Å². The van der Waals surface area contributed by atoms with Crippen LogP contribution in [0, 0.1) is 11.8 Å². The summed E-state index contributed by atoms with van der Waals surface area (Å²) in [5.41, 5.74) is -1.61. The van der Waals surface area contributed by atoms with Crippen molar-refractivity contribution in [2.24, 2.45) is 11.8 Å². The Morgan fingerprint density at radius 1 is 1.17 bits per heavy atom. The molecule has 2 bridgehead atoms. The van der Waals surface area contributed by atoms with Crippen molar-refractivity contribution in [3.05, 3.63) is 0 Å². The summed E-state index contributed by atoms with van der Waals surface area (Å²) in [5.74, 6) is -1.68. The smallest absolute Gasteiger partial charge is 0.245 e. The average molecular weight is 424 g/mol. The Morgan fingerprint density at radius 3 is 2.57 bits per heavy atom. The Balaban J connectivity index is 1.93. The van der Waals surface area contributed by atoms with Gasteiger partial charge in [-0.1, -0.05) is 20.3 Å². The number of carbonyl (C=O) groups excluding carboxylic acids is 3. The number of hydrogen-bond acceptors (Lipinski definition) is 5. The minimum absolute atomic E-state index is 0.113. The number of unbranched alkanes of at least 4 members (excludes halogenated alkanes) is 3. The Hall–Kier alpha value is -1.67. The third kappa shape index (κ3) is 3.51. The van der Waals surface area contributed by atoms with Gasteiger partial charge >= 0.3 is 0 Å². The zero-order chi connectivity index (χ0) is 21.9. The fourth-order valence-corrected chi connectivity index (χ4v) is 5.87. The molecule has 0 aromatic carbocycles. The van der Waals surface area contributed by atoms with Crippen LogP contribution in [0.4, 0.5) is 0 Å². The summed E-state index contributed by atoms with van der Waals surface area (Å²) >= 11 is 0. The minimum Gasteiger partial charge on any atom is -0.396 e. The minimum atomic E-state index is -0.933. The Bertz CT molecular complexity index is 671. The normalized spacial score (nSPS) is 34.3. The standard InChI is InChI=1S/C22H37N3O5/c1-4-6-12-24-19(28)17-22-11-10-21(5-2,30-22)15(18(27)23-3)16(22)20(29)25(17)13-8-7-9-14-26/h15-17,26H,4-14H2,1-3H3,(H,23,27)(H,24,28)/t15-,16+,17?,21+,22?/m1/s1. The van der Waals surface area contributed by atoms with E-state index < -0.39 is 29.1 Å². The molecule has 3 amide bonds. The molecule has 0 aliphatic carbocycles. The first-order chi connectivity index (χ1) is 14.4. The van der Waals surface area contributed by atoms with Gasteiger partial charge in [0.2, 0.25) is 17.7 Å². The molecule has 3 N–H and O–H groups in total. The molecule has 3 fully saturated rings. The average Bonchev–Trinajstić information content (AvgIpc) is 3.34. The van der Waals surface area contributed by atoms with Gasteiger partial charge in [0.1, 0.15) is 11.6 Å². The van der Waals surface area contributed by atoms with Gasteiger partial charge in [-0.05, 0) is 44.9 Å². The predicted molar refractivity (Wildman–Crippen MR) is 111 cm³/mol. The molecular formula is C22H37N3O5. The molecule has 2 unspecified atom stereocenters. The number of rotatable bonds is 11. The zero-order valence-electron chi connectivity index (χ0n) is 18.5. The van der Waals surface area contributed by atoms with Crippen LogP contribution < -0.4 is 10.6 Å². The van der Waals surface area contributed by atoms with Crippen molar-refractivity contribution in [3.63, 3.8) is 0 Å². The van der Waals surface area contributed by atoms with E-state index in [0.29, 0.717) is 45.2 Å². The van der Waals surface area contributed by atoms with Crippen molar-refractivity contribution >= 4 is 17.7 Å². The lowest BCUT2D eigenvalue weighted by Gasteiger charge is -2.33. The van der Waals surface area contributed by atoms with Gasteiger partial charge in [-0.15, -0.1) is 0 Å². The van der Waals surface area contributed by atoms with Crippen LogP contribution in [-0.2, 0) is 19.1 Å². The van der Waals surface area contributed by atoms with E-state index in [1.165, 1.54) is 0 Å². The molecule has 30 heavy (non-hydrogen) atoms. The second-order valence-corrected chi connectivity index (χ2v) is 8.91. The van der Waals surface area contributed by atoms with Crippen molar-refractivity contribution < 1.29 is 24.2 Å². The largest absolute Gasteiger partial charge is 0.396 e. The molecule has 170 valence electrons. The zero-order valence-corrected chi connectivity index (χ0v) is 18.5. The van der Waals surface area contributed by atoms with Crippen molar-refractivity contribution in [3.8, 4) is 0 Å². The van der Waals surface area contributed by atoms with Crippen LogP contribution in [0.15, 0.2) is 0 Å².